The number of hydrogen-bond acceptors (Lipinski definition) is 6. The molecule has 8 nitrogen and oxygen atoms in total. The first kappa shape index (κ1) is 81.9. The molecule has 84 heavy (non-hydrogen) atoms. The molecule has 0 aliphatic carbocycles. The van der Waals surface area contributed by atoms with Crippen LogP contribution in [0, 0.1) is 23.7 Å². The van der Waals surface area contributed by atoms with Gasteiger partial charge in [-0.15, -0.1) is 0 Å². The van der Waals surface area contributed by atoms with Crippen molar-refractivity contribution in [2.75, 3.05) is 27.3 Å². The minimum Gasteiger partial charge on any atom is -0.469 e. The van der Waals surface area contributed by atoms with E-state index in [0.717, 1.165) is 75.0 Å². The zero-order chi connectivity index (χ0) is 61.3. The van der Waals surface area contributed by atoms with Crippen LogP contribution in [0.15, 0.2) is 0 Å². The zero-order valence-electron chi connectivity index (χ0n) is 57.6. The quantitative estimate of drug-likeness (QED) is 0.0464. The summed E-state index contributed by atoms with van der Waals surface area (Å²) in [5.74, 6) is 3.60. The van der Waals surface area contributed by atoms with Crippen LogP contribution in [0.3, 0.4) is 0 Å². The second-order valence-corrected chi connectivity index (χ2v) is 26.8. The summed E-state index contributed by atoms with van der Waals surface area (Å²) in [5.41, 5.74) is 0. The molecule has 0 bridgehead atoms. The number of ether oxygens (including phenoxy) is 2. The Bertz CT molecular complexity index is 1290. The molecule has 0 fully saturated rings. The third kappa shape index (κ3) is 57.6. The van der Waals surface area contributed by atoms with Crippen molar-refractivity contribution in [2.45, 2.75) is 413 Å². The molecule has 0 aromatic rings. The largest absolute Gasteiger partial charge is 0.469 e. The SMILES string of the molecule is CCCCCCCCC(CCCCCCCCC(=O)NCCNC(=O)CCCCCCCCC(CCCCCCCC)C(CCCCCCCC)CCCCCCCCC(=O)OC)C(CCCCCCCC)CCCCCCCCC(=O)OC. The number of methoxy groups -OCH3 is 2. The van der Waals surface area contributed by atoms with Crippen molar-refractivity contribution in [1.29, 1.82) is 0 Å². The van der Waals surface area contributed by atoms with Crippen LogP contribution in [0.1, 0.15) is 413 Å². The molecule has 0 spiro atoms. The highest BCUT2D eigenvalue weighted by molar-refractivity contribution is 5.77. The van der Waals surface area contributed by atoms with Crippen LogP contribution in [0.2, 0.25) is 0 Å². The third-order valence-electron chi connectivity index (χ3n) is 19.1. The normalized spacial score (nSPS) is 13.0. The molecule has 0 rings (SSSR count). The zero-order valence-corrected chi connectivity index (χ0v) is 57.6. The van der Waals surface area contributed by atoms with E-state index in [1.54, 1.807) is 0 Å². The number of amides is 2. The number of carbonyl (C=O) groups excluding carboxylic acids is 4. The van der Waals surface area contributed by atoms with Gasteiger partial charge in [-0.1, -0.05) is 362 Å². The number of unbranched alkanes of at least 4 members (excludes halogenated alkanes) is 40. The lowest BCUT2D eigenvalue weighted by molar-refractivity contribution is -0.141. The Morgan fingerprint density at radius 1 is 0.238 bits per heavy atom. The molecule has 8 heteroatoms. The Kier molecular flexibility index (Phi) is 65.1. The average molecular weight is 1190 g/mol. The highest BCUT2D eigenvalue weighted by Crippen LogP contribution is 2.36. The summed E-state index contributed by atoms with van der Waals surface area (Å²) >= 11 is 0. The number of rotatable bonds is 69. The van der Waals surface area contributed by atoms with Crippen LogP contribution in [-0.2, 0) is 28.7 Å². The van der Waals surface area contributed by atoms with E-state index >= 15 is 0 Å². The highest BCUT2D eigenvalue weighted by Gasteiger charge is 2.22. The fourth-order valence-electron chi connectivity index (χ4n) is 13.6. The molecule has 0 aliphatic rings. The van der Waals surface area contributed by atoms with Gasteiger partial charge >= 0.3 is 11.9 Å². The molecule has 0 aromatic heterocycles. The van der Waals surface area contributed by atoms with Gasteiger partial charge < -0.3 is 20.1 Å². The van der Waals surface area contributed by atoms with E-state index in [1.807, 2.05) is 0 Å². The summed E-state index contributed by atoms with van der Waals surface area (Å²) in [6.45, 7) is 10.3. The predicted molar refractivity (Wildman–Crippen MR) is 364 cm³/mol. The number of nitrogens with one attached hydrogen (secondary N) is 2. The van der Waals surface area contributed by atoms with Crippen LogP contribution in [-0.4, -0.2) is 51.1 Å². The minimum absolute atomic E-state index is 0.0723. The minimum atomic E-state index is -0.0723. The van der Waals surface area contributed by atoms with Crippen molar-refractivity contribution in [3.05, 3.63) is 0 Å². The second-order valence-electron chi connectivity index (χ2n) is 26.8. The van der Waals surface area contributed by atoms with Gasteiger partial charge in [0.2, 0.25) is 11.8 Å². The lowest BCUT2D eigenvalue weighted by Gasteiger charge is -2.28. The topological polar surface area (TPSA) is 111 Å². The van der Waals surface area contributed by atoms with E-state index in [4.69, 9.17) is 9.47 Å². The van der Waals surface area contributed by atoms with E-state index in [0.29, 0.717) is 38.8 Å². The molecule has 0 heterocycles. The Hall–Kier alpha value is -2.12. The number of carbonyl (C=O) groups is 4. The number of hydrogen-bond donors (Lipinski definition) is 2. The van der Waals surface area contributed by atoms with Gasteiger partial charge in [-0.2, -0.15) is 0 Å². The first-order valence-corrected chi connectivity index (χ1v) is 37.9. The summed E-state index contributed by atoms with van der Waals surface area (Å²) in [4.78, 5) is 48.4. The molecule has 0 radical (unpaired) electrons. The summed E-state index contributed by atoms with van der Waals surface area (Å²) in [6.07, 6.45) is 76.0. The molecule has 498 valence electrons. The molecule has 0 saturated heterocycles. The smallest absolute Gasteiger partial charge is 0.305 e. The third-order valence-corrected chi connectivity index (χ3v) is 19.1. The van der Waals surface area contributed by atoms with Crippen molar-refractivity contribution in [2.24, 2.45) is 23.7 Å². The van der Waals surface area contributed by atoms with E-state index in [1.165, 1.54) is 322 Å². The van der Waals surface area contributed by atoms with Gasteiger partial charge in [-0.3, -0.25) is 19.2 Å². The van der Waals surface area contributed by atoms with Crippen LogP contribution < -0.4 is 10.6 Å². The Labute approximate surface area is 524 Å². The Balaban J connectivity index is 4.69. The molecule has 0 aromatic carbocycles. The average Bonchev–Trinajstić information content (AvgIpc) is 3.56. The monoisotopic (exact) mass is 1190 g/mol. The van der Waals surface area contributed by atoms with Gasteiger partial charge in [0.15, 0.2) is 0 Å². The molecule has 0 aliphatic heterocycles. The summed E-state index contributed by atoms with van der Waals surface area (Å²) in [7, 11) is 2.98. The standard InChI is InChI=1S/C76H148N2O6/c1-7-11-15-19-31-43-55-69(71(57-45-33-21-17-13-9-3)61-49-37-25-29-41-53-65-75(81)83-5)59-47-35-23-27-39-51-63-73(79)77-67-68-78-74(80)64-52-40-28-24-36-48-60-70(56-44-32-20-16-12-8-2)72(58-46-34-22-18-14-10-4)62-50-38-26-30-42-54-66-76(82)84-6/h69-72H,7-68H2,1-6H3,(H,77,79)(H,78,80). The van der Waals surface area contributed by atoms with Gasteiger partial charge in [0, 0.05) is 38.8 Å². The lowest BCUT2D eigenvalue weighted by atomic mass is 9.78. The molecular formula is C76H148N2O6. The van der Waals surface area contributed by atoms with Gasteiger partial charge in [0.25, 0.3) is 0 Å². The highest BCUT2D eigenvalue weighted by atomic mass is 16.5. The fraction of sp³-hybridized carbons (Fsp3) is 0.947. The van der Waals surface area contributed by atoms with Crippen LogP contribution in [0.25, 0.3) is 0 Å². The van der Waals surface area contributed by atoms with Gasteiger partial charge in [-0.05, 0) is 49.4 Å². The van der Waals surface area contributed by atoms with E-state index in [-0.39, 0.29) is 23.8 Å². The van der Waals surface area contributed by atoms with Crippen LogP contribution in [0.4, 0.5) is 0 Å². The van der Waals surface area contributed by atoms with Crippen molar-refractivity contribution in [1.82, 2.24) is 10.6 Å². The maximum Gasteiger partial charge on any atom is 0.305 e. The first-order chi connectivity index (χ1) is 41.3. The lowest BCUT2D eigenvalue weighted by Crippen LogP contribution is -2.34. The Morgan fingerprint density at radius 3 is 0.595 bits per heavy atom. The summed E-state index contributed by atoms with van der Waals surface area (Å²) in [6, 6.07) is 0. The molecule has 2 N–H and O–H groups in total. The van der Waals surface area contributed by atoms with Crippen molar-refractivity contribution in [3.8, 4) is 0 Å². The maximum absolute atomic E-state index is 12.7. The molecule has 2 amide bonds. The molecule has 0 saturated carbocycles. The van der Waals surface area contributed by atoms with Crippen LogP contribution in [0.5, 0.6) is 0 Å². The van der Waals surface area contributed by atoms with Gasteiger partial charge in [-0.25, -0.2) is 0 Å². The maximum atomic E-state index is 12.7. The van der Waals surface area contributed by atoms with E-state index < -0.39 is 0 Å². The summed E-state index contributed by atoms with van der Waals surface area (Å²) in [5, 5.41) is 6.12. The Morgan fingerprint density at radius 2 is 0.405 bits per heavy atom. The van der Waals surface area contributed by atoms with Crippen molar-refractivity contribution in [3.63, 3.8) is 0 Å². The van der Waals surface area contributed by atoms with Gasteiger partial charge in [0.1, 0.15) is 0 Å². The van der Waals surface area contributed by atoms with Crippen LogP contribution >= 0.6 is 0 Å². The second kappa shape index (κ2) is 66.8. The van der Waals surface area contributed by atoms with E-state index in [9.17, 15) is 19.2 Å². The molecule has 4 unspecified atom stereocenters. The van der Waals surface area contributed by atoms with Crippen molar-refractivity contribution >= 4 is 23.8 Å². The predicted octanol–water partition coefficient (Wildman–Crippen LogP) is 23.5. The molecule has 4 atom stereocenters. The molecular weight excluding hydrogens is 1040 g/mol. The first-order valence-electron chi connectivity index (χ1n) is 37.9. The summed E-state index contributed by atoms with van der Waals surface area (Å²) < 4.78 is 9.65. The van der Waals surface area contributed by atoms with E-state index in [2.05, 4.69) is 38.3 Å². The fourth-order valence-corrected chi connectivity index (χ4v) is 13.6. The van der Waals surface area contributed by atoms with Gasteiger partial charge in [0.05, 0.1) is 14.2 Å². The number of esters is 2. The van der Waals surface area contributed by atoms with Crippen molar-refractivity contribution < 1.29 is 28.7 Å².